The Hall–Kier alpha value is -0.640. The van der Waals surface area contributed by atoms with E-state index in [0.717, 1.165) is 26.2 Å². The predicted octanol–water partition coefficient (Wildman–Crippen LogP) is 2.74. The summed E-state index contributed by atoms with van der Waals surface area (Å²) in [6, 6.07) is 4.28. The second-order valence-electron chi connectivity index (χ2n) is 4.18. The lowest BCUT2D eigenvalue weighted by atomic mass is 10.2. The minimum Gasteiger partial charge on any atom is -0.313 e. The average molecular weight is 238 g/mol. The third-order valence-electron chi connectivity index (χ3n) is 2.30. The Kier molecular flexibility index (Phi) is 6.38. The molecule has 1 aromatic heterocycles. The molecule has 0 aliphatic rings. The van der Waals surface area contributed by atoms with Gasteiger partial charge in [0.05, 0.1) is 0 Å². The van der Waals surface area contributed by atoms with Crippen LogP contribution in [0, 0.1) is 0 Å². The highest BCUT2D eigenvalue weighted by Crippen LogP contribution is 2.11. The molecule has 0 atom stereocenters. The number of rotatable bonds is 8. The summed E-state index contributed by atoms with van der Waals surface area (Å²) < 4.78 is 0. The largest absolute Gasteiger partial charge is 0.313 e. The van der Waals surface area contributed by atoms with Gasteiger partial charge in [-0.25, -0.2) is 0 Å². The molecule has 0 unspecified atom stereocenters. The highest BCUT2D eigenvalue weighted by Gasteiger charge is 2.02. The van der Waals surface area contributed by atoms with Gasteiger partial charge < -0.3 is 5.32 Å². The Morgan fingerprint density at radius 3 is 3.00 bits per heavy atom. The highest BCUT2D eigenvalue weighted by atomic mass is 32.1. The minimum atomic E-state index is 0.933. The summed E-state index contributed by atoms with van der Waals surface area (Å²) in [5.41, 5.74) is 1.26. The van der Waals surface area contributed by atoms with Crippen LogP contribution in [0.4, 0.5) is 0 Å². The van der Waals surface area contributed by atoms with Gasteiger partial charge in [0.2, 0.25) is 0 Å². The molecule has 0 fully saturated rings. The van der Waals surface area contributed by atoms with Gasteiger partial charge in [0.1, 0.15) is 0 Å². The van der Waals surface area contributed by atoms with Crippen molar-refractivity contribution in [2.45, 2.75) is 19.9 Å². The number of hydrogen-bond donors (Lipinski definition) is 1. The van der Waals surface area contributed by atoms with E-state index in [9.17, 15) is 0 Å². The highest BCUT2D eigenvalue weighted by molar-refractivity contribution is 7.09. The second-order valence-corrected chi connectivity index (χ2v) is 5.21. The molecular weight excluding hydrogens is 216 g/mol. The van der Waals surface area contributed by atoms with Crippen molar-refractivity contribution in [3.63, 3.8) is 0 Å². The van der Waals surface area contributed by atoms with Gasteiger partial charge in [-0.05, 0) is 37.0 Å². The van der Waals surface area contributed by atoms with Crippen molar-refractivity contribution in [1.29, 1.82) is 0 Å². The van der Waals surface area contributed by atoms with Gasteiger partial charge >= 0.3 is 0 Å². The molecule has 0 radical (unpaired) electrons. The molecule has 1 heterocycles. The Bertz CT molecular complexity index is 293. The summed E-state index contributed by atoms with van der Waals surface area (Å²) in [6.45, 7) is 10.3. The van der Waals surface area contributed by atoms with Crippen LogP contribution in [-0.4, -0.2) is 31.6 Å². The van der Waals surface area contributed by atoms with Crippen LogP contribution in [-0.2, 0) is 6.54 Å². The zero-order valence-electron chi connectivity index (χ0n) is 10.3. The number of hydrogen-bond acceptors (Lipinski definition) is 3. The fraction of sp³-hybridized carbons (Fsp3) is 0.538. The molecule has 90 valence electrons. The van der Waals surface area contributed by atoms with E-state index in [4.69, 9.17) is 0 Å². The normalized spacial score (nSPS) is 10.9. The van der Waals surface area contributed by atoms with Crippen molar-refractivity contribution in [2.75, 3.05) is 26.7 Å². The molecule has 16 heavy (non-hydrogen) atoms. The monoisotopic (exact) mass is 238 g/mol. The lowest BCUT2D eigenvalue weighted by Gasteiger charge is -2.17. The van der Waals surface area contributed by atoms with Gasteiger partial charge in [0.25, 0.3) is 0 Å². The first kappa shape index (κ1) is 13.4. The SMILES string of the molecule is C=C(CNCCC)CN(C)Cc1cccs1. The first-order chi connectivity index (χ1) is 7.72. The van der Waals surface area contributed by atoms with Crippen LogP contribution in [0.2, 0.25) is 0 Å². The van der Waals surface area contributed by atoms with Gasteiger partial charge in [-0.3, -0.25) is 4.90 Å². The van der Waals surface area contributed by atoms with Crippen LogP contribution in [0.3, 0.4) is 0 Å². The molecule has 1 aromatic rings. The summed E-state index contributed by atoms with van der Waals surface area (Å²) in [5, 5.41) is 5.50. The molecule has 2 nitrogen and oxygen atoms in total. The van der Waals surface area contributed by atoms with E-state index in [0.29, 0.717) is 0 Å². The molecule has 0 saturated heterocycles. The maximum atomic E-state index is 4.09. The maximum Gasteiger partial charge on any atom is 0.0328 e. The summed E-state index contributed by atoms with van der Waals surface area (Å²) in [7, 11) is 2.14. The van der Waals surface area contributed by atoms with Gasteiger partial charge in [-0.15, -0.1) is 11.3 Å². The molecule has 0 amide bonds. The Balaban J connectivity index is 2.18. The quantitative estimate of drug-likeness (QED) is 0.553. The van der Waals surface area contributed by atoms with Gasteiger partial charge in [-0.2, -0.15) is 0 Å². The smallest absolute Gasteiger partial charge is 0.0328 e. The van der Waals surface area contributed by atoms with E-state index in [2.05, 4.69) is 48.3 Å². The molecule has 3 heteroatoms. The van der Waals surface area contributed by atoms with Crippen LogP contribution in [0.25, 0.3) is 0 Å². The topological polar surface area (TPSA) is 15.3 Å². The van der Waals surface area contributed by atoms with Gasteiger partial charge in [-0.1, -0.05) is 19.6 Å². The lowest BCUT2D eigenvalue weighted by molar-refractivity contribution is 0.355. The van der Waals surface area contributed by atoms with Gasteiger partial charge in [0, 0.05) is 24.5 Å². The molecule has 0 aliphatic carbocycles. The number of likely N-dealkylation sites (N-methyl/N-ethyl adjacent to an activating group) is 1. The second kappa shape index (κ2) is 7.60. The third kappa shape index (κ3) is 5.45. The van der Waals surface area contributed by atoms with Crippen LogP contribution < -0.4 is 5.32 Å². The Labute approximate surface area is 103 Å². The molecule has 0 aliphatic heterocycles. The van der Waals surface area contributed by atoms with Crippen molar-refractivity contribution in [3.05, 3.63) is 34.5 Å². The van der Waals surface area contributed by atoms with E-state index < -0.39 is 0 Å². The summed E-state index contributed by atoms with van der Waals surface area (Å²) >= 11 is 1.81. The fourth-order valence-electron chi connectivity index (χ4n) is 1.60. The van der Waals surface area contributed by atoms with Crippen LogP contribution in [0.15, 0.2) is 29.7 Å². The molecule has 0 aromatic carbocycles. The van der Waals surface area contributed by atoms with Crippen molar-refractivity contribution < 1.29 is 0 Å². The van der Waals surface area contributed by atoms with Crippen LogP contribution in [0.1, 0.15) is 18.2 Å². The Morgan fingerprint density at radius 2 is 2.38 bits per heavy atom. The lowest BCUT2D eigenvalue weighted by Crippen LogP contribution is -2.26. The molecule has 1 rings (SSSR count). The average Bonchev–Trinajstić information content (AvgIpc) is 2.70. The minimum absolute atomic E-state index is 0.933. The third-order valence-corrected chi connectivity index (χ3v) is 3.16. The first-order valence-electron chi connectivity index (χ1n) is 5.80. The summed E-state index contributed by atoms with van der Waals surface area (Å²) in [6.07, 6.45) is 1.18. The molecule has 0 saturated carbocycles. The van der Waals surface area contributed by atoms with Crippen molar-refractivity contribution in [1.82, 2.24) is 10.2 Å². The zero-order valence-corrected chi connectivity index (χ0v) is 11.1. The number of thiophene rings is 1. The van der Waals surface area contributed by atoms with E-state index in [-0.39, 0.29) is 0 Å². The van der Waals surface area contributed by atoms with E-state index >= 15 is 0 Å². The molecule has 1 N–H and O–H groups in total. The maximum absolute atomic E-state index is 4.09. The number of nitrogens with one attached hydrogen (secondary N) is 1. The standard InChI is InChI=1S/C13H22N2S/c1-4-7-14-9-12(2)10-15(3)11-13-6-5-8-16-13/h5-6,8,14H,2,4,7,9-11H2,1,3H3. The predicted molar refractivity (Wildman–Crippen MR) is 73.0 cm³/mol. The number of nitrogens with zero attached hydrogens (tertiary/aromatic N) is 1. The van der Waals surface area contributed by atoms with Gasteiger partial charge in [0.15, 0.2) is 0 Å². The fourth-order valence-corrected chi connectivity index (χ4v) is 2.39. The van der Waals surface area contributed by atoms with Crippen molar-refractivity contribution >= 4 is 11.3 Å². The zero-order chi connectivity index (χ0) is 11.8. The summed E-state index contributed by atoms with van der Waals surface area (Å²) in [5.74, 6) is 0. The van der Waals surface area contributed by atoms with E-state index in [1.54, 1.807) is 0 Å². The van der Waals surface area contributed by atoms with E-state index in [1.807, 2.05) is 11.3 Å². The Morgan fingerprint density at radius 1 is 1.56 bits per heavy atom. The van der Waals surface area contributed by atoms with E-state index in [1.165, 1.54) is 16.9 Å². The van der Waals surface area contributed by atoms with Crippen molar-refractivity contribution in [3.8, 4) is 0 Å². The molecule has 0 spiro atoms. The molecular formula is C13H22N2S. The van der Waals surface area contributed by atoms with Crippen molar-refractivity contribution in [2.24, 2.45) is 0 Å². The first-order valence-corrected chi connectivity index (χ1v) is 6.68. The van der Waals surface area contributed by atoms with Crippen LogP contribution >= 0.6 is 11.3 Å². The molecule has 0 bridgehead atoms. The van der Waals surface area contributed by atoms with Crippen LogP contribution in [0.5, 0.6) is 0 Å². The summed E-state index contributed by atoms with van der Waals surface area (Å²) in [4.78, 5) is 3.72.